The number of halogens is 4. The highest BCUT2D eigenvalue weighted by Crippen LogP contribution is 2.32. The van der Waals surface area contributed by atoms with Crippen molar-refractivity contribution in [1.29, 1.82) is 0 Å². The Balaban J connectivity index is 3.36. The van der Waals surface area contributed by atoms with Gasteiger partial charge in [-0.05, 0) is 6.07 Å². The van der Waals surface area contributed by atoms with Crippen LogP contribution in [0.15, 0.2) is 23.1 Å². The Bertz CT molecular complexity index is 585. The van der Waals surface area contributed by atoms with E-state index >= 15 is 0 Å². The quantitative estimate of drug-likeness (QED) is 0.486. The van der Waals surface area contributed by atoms with Gasteiger partial charge in [-0.1, -0.05) is 0 Å². The summed E-state index contributed by atoms with van der Waals surface area (Å²) in [7, 11) is 0.309. The maximum Gasteiger partial charge on any atom is 0.573 e. The van der Waals surface area contributed by atoms with Gasteiger partial charge in [0, 0.05) is 22.8 Å². The number of rotatable bonds is 3. The number of nitrogens with zero attached hydrogens (tertiary/aromatic N) is 1. The molecule has 100 valence electrons. The van der Waals surface area contributed by atoms with Gasteiger partial charge in [0.2, 0.25) is 0 Å². The monoisotopic (exact) mass is 305 g/mol. The molecule has 18 heavy (non-hydrogen) atoms. The molecule has 0 amide bonds. The van der Waals surface area contributed by atoms with E-state index in [9.17, 15) is 31.7 Å². The van der Waals surface area contributed by atoms with Crippen molar-refractivity contribution >= 4 is 25.4 Å². The average molecular weight is 306 g/mol. The van der Waals surface area contributed by atoms with Crippen molar-refractivity contribution in [3.05, 3.63) is 28.3 Å². The summed E-state index contributed by atoms with van der Waals surface area (Å²) < 4.78 is 61.1. The van der Waals surface area contributed by atoms with Crippen LogP contribution in [-0.4, -0.2) is 19.7 Å². The molecule has 1 rings (SSSR count). The van der Waals surface area contributed by atoms with Crippen LogP contribution in [0.25, 0.3) is 0 Å². The number of hydrogen-bond donors (Lipinski definition) is 0. The second-order valence-electron chi connectivity index (χ2n) is 2.87. The number of nitro groups is 1. The Morgan fingerprint density at radius 1 is 1.33 bits per heavy atom. The Morgan fingerprint density at radius 3 is 2.28 bits per heavy atom. The molecule has 0 bridgehead atoms. The number of alkyl halides is 3. The molecule has 0 radical (unpaired) electrons. The minimum atomic E-state index is -5.05. The first-order valence-corrected chi connectivity index (χ1v) is 6.30. The smallest absolute Gasteiger partial charge is 0.406 e. The highest BCUT2D eigenvalue weighted by molar-refractivity contribution is 8.13. The van der Waals surface area contributed by atoms with Crippen LogP contribution in [0.2, 0.25) is 0 Å². The first-order valence-electron chi connectivity index (χ1n) is 3.99. The Labute approximate surface area is 102 Å². The normalized spacial score (nSPS) is 12.2. The molecule has 0 fully saturated rings. The number of benzene rings is 1. The molecule has 0 spiro atoms. The van der Waals surface area contributed by atoms with Gasteiger partial charge in [-0.3, -0.25) is 10.1 Å². The maximum absolute atomic E-state index is 11.9. The van der Waals surface area contributed by atoms with Crippen LogP contribution in [0.4, 0.5) is 18.9 Å². The molecular formula is C7H3ClF3NO5S. The van der Waals surface area contributed by atoms with E-state index in [2.05, 4.69) is 4.74 Å². The molecule has 1 aromatic carbocycles. The molecule has 0 aliphatic carbocycles. The number of hydrogen-bond acceptors (Lipinski definition) is 5. The first kappa shape index (κ1) is 14.5. The topological polar surface area (TPSA) is 86.5 Å². The zero-order valence-corrected chi connectivity index (χ0v) is 9.71. The molecule has 0 saturated carbocycles. The van der Waals surface area contributed by atoms with Gasteiger partial charge in [0.1, 0.15) is 5.75 Å². The van der Waals surface area contributed by atoms with Crippen molar-refractivity contribution in [2.75, 3.05) is 0 Å². The molecule has 0 saturated heterocycles. The van der Waals surface area contributed by atoms with Gasteiger partial charge < -0.3 is 4.74 Å². The van der Waals surface area contributed by atoms with Crippen molar-refractivity contribution in [3.8, 4) is 5.75 Å². The van der Waals surface area contributed by atoms with Crippen molar-refractivity contribution in [1.82, 2.24) is 0 Å². The highest BCUT2D eigenvalue weighted by Gasteiger charge is 2.33. The minimum Gasteiger partial charge on any atom is -0.406 e. The second kappa shape index (κ2) is 4.61. The number of ether oxygens (including phenoxy) is 1. The molecule has 0 atom stereocenters. The molecular weight excluding hydrogens is 303 g/mol. The summed E-state index contributed by atoms with van der Waals surface area (Å²) in [6.45, 7) is 0. The lowest BCUT2D eigenvalue weighted by molar-refractivity contribution is -0.387. The van der Waals surface area contributed by atoms with E-state index < -0.39 is 36.7 Å². The molecule has 0 aliphatic rings. The van der Waals surface area contributed by atoms with Gasteiger partial charge >= 0.3 is 6.36 Å². The Kier molecular flexibility index (Phi) is 3.72. The first-order chi connectivity index (χ1) is 8.00. The van der Waals surface area contributed by atoms with Crippen LogP contribution in [0.3, 0.4) is 0 Å². The molecule has 11 heteroatoms. The predicted octanol–water partition coefficient (Wildman–Crippen LogP) is 2.42. The third-order valence-corrected chi connectivity index (χ3v) is 2.98. The van der Waals surface area contributed by atoms with Crippen LogP contribution < -0.4 is 4.74 Å². The lowest BCUT2D eigenvalue weighted by atomic mass is 10.3. The van der Waals surface area contributed by atoms with Crippen molar-refractivity contribution in [2.24, 2.45) is 0 Å². The van der Waals surface area contributed by atoms with Gasteiger partial charge in [-0.25, -0.2) is 8.42 Å². The maximum atomic E-state index is 11.9. The fourth-order valence-corrected chi connectivity index (χ4v) is 2.06. The van der Waals surface area contributed by atoms with E-state index in [4.69, 9.17) is 10.7 Å². The standard InChI is InChI=1S/C7H3ClF3NO5S/c8-18(15,16)6-3-4(17-7(9,10)11)1-2-5(6)12(13)14/h1-3H. The Morgan fingerprint density at radius 2 is 1.89 bits per heavy atom. The van der Waals surface area contributed by atoms with Crippen LogP contribution in [0.5, 0.6) is 5.75 Å². The Hall–Kier alpha value is -1.55. The molecule has 1 aromatic rings. The summed E-state index contributed by atoms with van der Waals surface area (Å²) in [4.78, 5) is 8.32. The molecule has 0 aliphatic heterocycles. The zero-order chi connectivity index (χ0) is 14.1. The SMILES string of the molecule is O=[N+]([O-])c1ccc(OC(F)(F)F)cc1S(=O)(=O)Cl. The average Bonchev–Trinajstić information content (AvgIpc) is 2.13. The number of nitro benzene ring substituents is 1. The van der Waals surface area contributed by atoms with Crippen molar-refractivity contribution in [3.63, 3.8) is 0 Å². The summed E-state index contributed by atoms with van der Waals surface area (Å²) in [5, 5.41) is 10.5. The third-order valence-electron chi connectivity index (χ3n) is 1.62. The molecule has 0 aromatic heterocycles. The lowest BCUT2D eigenvalue weighted by Gasteiger charge is -2.09. The summed E-state index contributed by atoms with van der Waals surface area (Å²) >= 11 is 0. The molecule has 0 N–H and O–H groups in total. The predicted molar refractivity (Wildman–Crippen MR) is 52.8 cm³/mol. The van der Waals surface area contributed by atoms with E-state index in [1.54, 1.807) is 0 Å². The summed E-state index contributed by atoms with van der Waals surface area (Å²) in [5.41, 5.74) is -0.945. The third kappa shape index (κ3) is 3.74. The van der Waals surface area contributed by atoms with Gasteiger partial charge in [-0.2, -0.15) is 0 Å². The summed E-state index contributed by atoms with van der Waals surface area (Å²) in [6, 6.07) is 1.49. The van der Waals surface area contributed by atoms with Crippen molar-refractivity contribution < 1.29 is 31.2 Å². The molecule has 0 unspecified atom stereocenters. The van der Waals surface area contributed by atoms with Gasteiger partial charge in [0.25, 0.3) is 14.7 Å². The fourth-order valence-electron chi connectivity index (χ4n) is 1.04. The van der Waals surface area contributed by atoms with Crippen LogP contribution in [-0.2, 0) is 9.05 Å². The van der Waals surface area contributed by atoms with Gasteiger partial charge in [-0.15, -0.1) is 13.2 Å². The van der Waals surface area contributed by atoms with Crippen LogP contribution in [0, 0.1) is 10.1 Å². The summed E-state index contributed by atoms with van der Waals surface area (Å²) in [5.74, 6) is -0.924. The zero-order valence-electron chi connectivity index (χ0n) is 8.14. The van der Waals surface area contributed by atoms with E-state index in [0.717, 1.165) is 0 Å². The van der Waals surface area contributed by atoms with Crippen molar-refractivity contribution in [2.45, 2.75) is 11.3 Å². The van der Waals surface area contributed by atoms with Crippen LogP contribution in [0.1, 0.15) is 0 Å². The minimum absolute atomic E-state index is 0.327. The largest absolute Gasteiger partial charge is 0.573 e. The van der Waals surface area contributed by atoms with Crippen LogP contribution >= 0.6 is 10.7 Å². The van der Waals surface area contributed by atoms with E-state index in [-0.39, 0.29) is 0 Å². The summed E-state index contributed by atoms with van der Waals surface area (Å²) in [6.07, 6.45) is -5.05. The van der Waals surface area contributed by atoms with E-state index in [1.165, 1.54) is 0 Å². The highest BCUT2D eigenvalue weighted by atomic mass is 35.7. The van der Waals surface area contributed by atoms with E-state index in [1.807, 2.05) is 0 Å². The lowest BCUT2D eigenvalue weighted by Crippen LogP contribution is -2.17. The molecule has 6 nitrogen and oxygen atoms in total. The van der Waals surface area contributed by atoms with Gasteiger partial charge in [0.05, 0.1) is 4.92 Å². The second-order valence-corrected chi connectivity index (χ2v) is 5.41. The van der Waals surface area contributed by atoms with E-state index in [0.29, 0.717) is 18.2 Å². The fraction of sp³-hybridized carbons (Fsp3) is 0.143. The van der Waals surface area contributed by atoms with Gasteiger partial charge in [0.15, 0.2) is 4.90 Å². The molecule has 0 heterocycles.